The predicted molar refractivity (Wildman–Crippen MR) is 83.5 cm³/mol. The molecule has 0 amide bonds. The van der Waals surface area contributed by atoms with Crippen LogP contribution in [0.15, 0.2) is 22.7 Å². The van der Waals surface area contributed by atoms with Crippen LogP contribution >= 0.6 is 15.9 Å². The molecule has 0 spiro atoms. The Morgan fingerprint density at radius 2 is 2.15 bits per heavy atom. The first-order valence-electron chi connectivity index (χ1n) is 6.93. The van der Waals surface area contributed by atoms with Crippen molar-refractivity contribution in [2.24, 2.45) is 5.92 Å². The summed E-state index contributed by atoms with van der Waals surface area (Å²) in [7, 11) is 0. The first-order chi connectivity index (χ1) is 9.49. The summed E-state index contributed by atoms with van der Waals surface area (Å²) in [5.74, 6) is 0.366. The van der Waals surface area contributed by atoms with Crippen molar-refractivity contribution in [2.75, 3.05) is 25.1 Å². The Labute approximate surface area is 128 Å². The number of benzene rings is 1. The number of aliphatic hydroxyl groups is 1. The molecule has 1 unspecified atom stereocenters. The molecule has 20 heavy (non-hydrogen) atoms. The van der Waals surface area contributed by atoms with E-state index in [0.717, 1.165) is 17.3 Å². The van der Waals surface area contributed by atoms with E-state index < -0.39 is 6.10 Å². The second kappa shape index (κ2) is 9.32. The average Bonchev–Trinajstić information content (AvgIpc) is 2.39. The first-order valence-corrected chi connectivity index (χ1v) is 7.73. The number of aliphatic hydroxyl groups excluding tert-OH is 1. The highest BCUT2D eigenvalue weighted by molar-refractivity contribution is 9.10. The van der Waals surface area contributed by atoms with Gasteiger partial charge in [0.05, 0.1) is 18.4 Å². The number of halogens is 2. The largest absolute Gasteiger partial charge is 0.389 e. The van der Waals surface area contributed by atoms with Gasteiger partial charge in [-0.15, -0.1) is 0 Å². The molecule has 1 rings (SSSR count). The summed E-state index contributed by atoms with van der Waals surface area (Å²) in [6.45, 7) is 5.63. The molecule has 0 bridgehead atoms. The summed E-state index contributed by atoms with van der Waals surface area (Å²) in [4.78, 5) is 0. The fourth-order valence-electron chi connectivity index (χ4n) is 1.73. The number of nitrogens with one attached hydrogen (secondary N) is 1. The zero-order valence-corrected chi connectivity index (χ0v) is 13.6. The van der Waals surface area contributed by atoms with Gasteiger partial charge in [0.1, 0.15) is 5.82 Å². The standard InChI is InChI=1S/C15H23BrFNO2/c1-11(2)4-3-7-20-10-13(19)9-18-15-8-12(17)5-6-14(15)16/h5-6,8,11,13,18-19H,3-4,7,9-10H2,1-2H3. The summed E-state index contributed by atoms with van der Waals surface area (Å²) < 4.78 is 19.3. The van der Waals surface area contributed by atoms with Crippen molar-refractivity contribution in [2.45, 2.75) is 32.8 Å². The molecule has 0 saturated carbocycles. The number of anilines is 1. The molecule has 1 aromatic carbocycles. The van der Waals surface area contributed by atoms with Gasteiger partial charge in [0, 0.05) is 17.6 Å². The lowest BCUT2D eigenvalue weighted by Crippen LogP contribution is -2.25. The third-order valence-electron chi connectivity index (χ3n) is 2.84. The van der Waals surface area contributed by atoms with Crippen LogP contribution in [-0.2, 0) is 4.74 Å². The lowest BCUT2D eigenvalue weighted by Gasteiger charge is -2.14. The summed E-state index contributed by atoms with van der Waals surface area (Å²) in [6.07, 6.45) is 1.53. The van der Waals surface area contributed by atoms with E-state index in [4.69, 9.17) is 4.74 Å². The van der Waals surface area contributed by atoms with E-state index in [1.54, 1.807) is 6.07 Å². The second-order valence-electron chi connectivity index (χ2n) is 5.27. The van der Waals surface area contributed by atoms with Crippen molar-refractivity contribution in [3.63, 3.8) is 0 Å². The van der Waals surface area contributed by atoms with E-state index in [1.807, 2.05) is 0 Å². The number of rotatable bonds is 9. The van der Waals surface area contributed by atoms with Crippen LogP contribution in [0.5, 0.6) is 0 Å². The predicted octanol–water partition coefficient (Wildman–Crippen LogP) is 3.81. The van der Waals surface area contributed by atoms with Crippen LogP contribution in [-0.4, -0.2) is 31.0 Å². The smallest absolute Gasteiger partial charge is 0.125 e. The SMILES string of the molecule is CC(C)CCCOCC(O)CNc1cc(F)ccc1Br. The van der Waals surface area contributed by atoms with E-state index in [9.17, 15) is 9.50 Å². The molecule has 0 heterocycles. The molecular formula is C15H23BrFNO2. The molecule has 5 heteroatoms. The number of hydrogen-bond acceptors (Lipinski definition) is 3. The lowest BCUT2D eigenvalue weighted by atomic mass is 10.1. The summed E-state index contributed by atoms with van der Waals surface area (Å²) in [6, 6.07) is 4.40. The van der Waals surface area contributed by atoms with E-state index in [2.05, 4.69) is 35.1 Å². The zero-order chi connectivity index (χ0) is 15.0. The minimum Gasteiger partial charge on any atom is -0.389 e. The van der Waals surface area contributed by atoms with Gasteiger partial charge in [-0.25, -0.2) is 4.39 Å². The molecule has 0 fully saturated rings. The highest BCUT2D eigenvalue weighted by Gasteiger charge is 2.07. The fraction of sp³-hybridized carbons (Fsp3) is 0.600. The van der Waals surface area contributed by atoms with Crippen LogP contribution in [0.4, 0.5) is 10.1 Å². The molecule has 0 aliphatic heterocycles. The molecule has 1 atom stereocenters. The molecule has 0 saturated heterocycles. The van der Waals surface area contributed by atoms with E-state index in [0.29, 0.717) is 24.8 Å². The second-order valence-corrected chi connectivity index (χ2v) is 6.12. The average molecular weight is 348 g/mol. The quantitative estimate of drug-likeness (QED) is 0.667. The third kappa shape index (κ3) is 7.22. The van der Waals surface area contributed by atoms with E-state index in [-0.39, 0.29) is 12.4 Å². The third-order valence-corrected chi connectivity index (χ3v) is 3.53. The Kier molecular flexibility index (Phi) is 8.11. The van der Waals surface area contributed by atoms with Crippen molar-refractivity contribution in [3.8, 4) is 0 Å². The van der Waals surface area contributed by atoms with Gasteiger partial charge in [-0.2, -0.15) is 0 Å². The van der Waals surface area contributed by atoms with Gasteiger partial charge in [0.2, 0.25) is 0 Å². The maximum atomic E-state index is 13.1. The monoisotopic (exact) mass is 347 g/mol. The van der Waals surface area contributed by atoms with Crippen LogP contribution in [0.25, 0.3) is 0 Å². The summed E-state index contributed by atoms with van der Waals surface area (Å²) in [5, 5.41) is 12.8. The Hall–Kier alpha value is -0.650. The lowest BCUT2D eigenvalue weighted by molar-refractivity contribution is 0.0409. The van der Waals surface area contributed by atoms with Crippen molar-refractivity contribution >= 4 is 21.6 Å². The molecular weight excluding hydrogens is 325 g/mol. The molecule has 114 valence electrons. The Balaban J connectivity index is 2.19. The molecule has 2 N–H and O–H groups in total. The van der Waals surface area contributed by atoms with Crippen LogP contribution in [0, 0.1) is 11.7 Å². The van der Waals surface area contributed by atoms with Gasteiger partial charge >= 0.3 is 0 Å². The van der Waals surface area contributed by atoms with E-state index >= 15 is 0 Å². The topological polar surface area (TPSA) is 41.5 Å². The van der Waals surface area contributed by atoms with Gasteiger partial charge in [-0.1, -0.05) is 13.8 Å². The molecule has 0 aliphatic rings. The highest BCUT2D eigenvalue weighted by Crippen LogP contribution is 2.22. The fourth-order valence-corrected chi connectivity index (χ4v) is 2.12. The first kappa shape index (κ1) is 17.4. The maximum absolute atomic E-state index is 13.1. The number of hydrogen-bond donors (Lipinski definition) is 2. The number of ether oxygens (including phenoxy) is 1. The Bertz CT molecular complexity index is 401. The molecule has 1 aromatic rings. The summed E-state index contributed by atoms with van der Waals surface area (Å²) >= 11 is 3.33. The summed E-state index contributed by atoms with van der Waals surface area (Å²) in [5.41, 5.74) is 0.629. The highest BCUT2D eigenvalue weighted by atomic mass is 79.9. The maximum Gasteiger partial charge on any atom is 0.125 e. The van der Waals surface area contributed by atoms with Gasteiger partial charge in [0.15, 0.2) is 0 Å². The Morgan fingerprint density at radius 3 is 2.85 bits per heavy atom. The van der Waals surface area contributed by atoms with Crippen molar-refractivity contribution < 1.29 is 14.2 Å². The minimum absolute atomic E-state index is 0.290. The van der Waals surface area contributed by atoms with Crippen LogP contribution < -0.4 is 5.32 Å². The van der Waals surface area contributed by atoms with Crippen molar-refractivity contribution in [1.82, 2.24) is 0 Å². The van der Waals surface area contributed by atoms with Crippen LogP contribution in [0.3, 0.4) is 0 Å². The van der Waals surface area contributed by atoms with Crippen LogP contribution in [0.1, 0.15) is 26.7 Å². The molecule has 0 radical (unpaired) electrons. The molecule has 3 nitrogen and oxygen atoms in total. The van der Waals surface area contributed by atoms with Crippen molar-refractivity contribution in [1.29, 1.82) is 0 Å². The normalized spacial score (nSPS) is 12.7. The zero-order valence-electron chi connectivity index (χ0n) is 12.0. The van der Waals surface area contributed by atoms with Crippen molar-refractivity contribution in [3.05, 3.63) is 28.5 Å². The van der Waals surface area contributed by atoms with Gasteiger partial charge in [-0.05, 0) is 52.9 Å². The van der Waals surface area contributed by atoms with E-state index in [1.165, 1.54) is 12.1 Å². The Morgan fingerprint density at radius 1 is 1.40 bits per heavy atom. The van der Waals surface area contributed by atoms with Gasteiger partial charge in [-0.3, -0.25) is 0 Å². The minimum atomic E-state index is -0.607. The van der Waals surface area contributed by atoms with Gasteiger partial charge in [0.25, 0.3) is 0 Å². The molecule has 0 aromatic heterocycles. The molecule has 0 aliphatic carbocycles. The van der Waals surface area contributed by atoms with Crippen LogP contribution in [0.2, 0.25) is 0 Å². The van der Waals surface area contributed by atoms with Gasteiger partial charge < -0.3 is 15.2 Å².